The van der Waals surface area contributed by atoms with Gasteiger partial charge in [-0.2, -0.15) is 0 Å². The summed E-state index contributed by atoms with van der Waals surface area (Å²) in [6.07, 6.45) is 0.665. The van der Waals surface area contributed by atoms with E-state index >= 15 is 0 Å². The first-order valence-electron chi connectivity index (χ1n) is 16.8. The molecular weight excluding hydrogens is 638 g/mol. The van der Waals surface area contributed by atoms with Crippen molar-refractivity contribution in [1.82, 2.24) is 5.32 Å². The molecule has 0 aliphatic carbocycles. The fraction of sp³-hybridized carbons (Fsp3) is 0.935. The molecule has 0 aromatic rings. The molecule has 0 saturated heterocycles. The Morgan fingerprint density at radius 2 is 0.604 bits per heavy atom. The van der Waals surface area contributed by atoms with Gasteiger partial charge in [0.1, 0.15) is 5.78 Å². The number of Topliss-reactive ketones (excluding diaryl/α,β-unsaturated/α-hetero) is 1. The van der Waals surface area contributed by atoms with Gasteiger partial charge in [-0.05, 0) is 0 Å². The van der Waals surface area contributed by atoms with E-state index in [2.05, 4.69) is 5.32 Å². The van der Waals surface area contributed by atoms with E-state index < -0.39 is 0 Å². The van der Waals surface area contributed by atoms with Gasteiger partial charge in [0, 0.05) is 25.9 Å². The highest BCUT2D eigenvalue weighted by molar-refractivity contribution is 5.80. The highest BCUT2D eigenvalue weighted by atomic mass is 16.6. The maximum Gasteiger partial charge on any atom is 0.221 e. The zero-order valence-corrected chi connectivity index (χ0v) is 28.9. The van der Waals surface area contributed by atoms with Crippen molar-refractivity contribution in [2.24, 2.45) is 11.5 Å². The number of rotatable bonds is 42. The van der Waals surface area contributed by atoms with Crippen molar-refractivity contribution in [1.29, 1.82) is 0 Å². The smallest absolute Gasteiger partial charge is 0.221 e. The lowest BCUT2D eigenvalue weighted by atomic mass is 10.3. The fourth-order valence-electron chi connectivity index (χ4n) is 3.29. The van der Waals surface area contributed by atoms with Crippen LogP contribution in [0.5, 0.6) is 0 Å². The Bertz CT molecular complexity index is 670. The summed E-state index contributed by atoms with van der Waals surface area (Å²) in [4.78, 5) is 22.2. The standard InChI is InChI=1S/C31H63N3O14/c32-3-1-31(36)34-4-6-38-8-10-40-12-14-42-16-18-44-20-22-46-24-26-48-28-27-47-25-23-45-21-19-43-17-15-41-13-11-39-9-7-37-5-2-30(35)29-33/h1-29,32-33H2,(H,34,36). The number of carbonyl (C=O) groups excluding carboxylic acids is 2. The molecule has 48 heavy (non-hydrogen) atoms. The van der Waals surface area contributed by atoms with Gasteiger partial charge in [0.2, 0.25) is 5.91 Å². The van der Waals surface area contributed by atoms with Crippen molar-refractivity contribution in [3.05, 3.63) is 0 Å². The van der Waals surface area contributed by atoms with Gasteiger partial charge in [-0.3, -0.25) is 9.59 Å². The molecule has 0 aromatic heterocycles. The Morgan fingerprint density at radius 3 is 0.854 bits per heavy atom. The maximum absolute atomic E-state index is 11.2. The van der Waals surface area contributed by atoms with Crippen molar-refractivity contribution in [2.75, 3.05) is 178 Å². The first-order valence-corrected chi connectivity index (χ1v) is 16.8. The third-order valence-corrected chi connectivity index (χ3v) is 5.78. The number of carbonyl (C=O) groups is 2. The number of hydrogen-bond acceptors (Lipinski definition) is 16. The first-order chi connectivity index (χ1) is 23.7. The molecule has 0 aliphatic heterocycles. The molecule has 17 heteroatoms. The van der Waals surface area contributed by atoms with Crippen LogP contribution >= 0.6 is 0 Å². The van der Waals surface area contributed by atoms with Crippen LogP contribution in [0.2, 0.25) is 0 Å². The van der Waals surface area contributed by atoms with E-state index in [9.17, 15) is 9.59 Å². The van der Waals surface area contributed by atoms with Crippen molar-refractivity contribution >= 4 is 11.7 Å². The van der Waals surface area contributed by atoms with Gasteiger partial charge < -0.3 is 73.6 Å². The molecular formula is C31H63N3O14. The third-order valence-electron chi connectivity index (χ3n) is 5.78. The van der Waals surface area contributed by atoms with E-state index in [-0.39, 0.29) is 18.2 Å². The Kier molecular flexibility index (Phi) is 40.5. The molecule has 0 fully saturated rings. The van der Waals surface area contributed by atoms with Crippen LogP contribution in [-0.2, 0) is 66.4 Å². The topological polar surface area (TPSA) is 209 Å². The molecule has 0 radical (unpaired) electrons. The molecule has 0 unspecified atom stereocenters. The van der Waals surface area contributed by atoms with E-state index in [1.807, 2.05) is 0 Å². The summed E-state index contributed by atoms with van der Waals surface area (Å²) in [5.74, 6) is -0.0788. The van der Waals surface area contributed by atoms with Gasteiger partial charge in [-0.15, -0.1) is 0 Å². The minimum Gasteiger partial charge on any atom is -0.379 e. The molecule has 0 heterocycles. The monoisotopic (exact) mass is 701 g/mol. The molecule has 0 aromatic carbocycles. The predicted octanol–water partition coefficient (Wildman–Crippen LogP) is -1.43. The molecule has 286 valence electrons. The highest BCUT2D eigenvalue weighted by Crippen LogP contribution is 1.88. The molecule has 0 rings (SSSR count). The van der Waals surface area contributed by atoms with E-state index in [0.29, 0.717) is 184 Å². The van der Waals surface area contributed by atoms with E-state index in [1.54, 1.807) is 0 Å². The molecule has 0 spiro atoms. The lowest BCUT2D eigenvalue weighted by Gasteiger charge is -2.09. The van der Waals surface area contributed by atoms with Gasteiger partial charge >= 0.3 is 0 Å². The molecule has 1 amide bonds. The summed E-state index contributed by atoms with van der Waals surface area (Å²) in [5, 5.41) is 2.71. The highest BCUT2D eigenvalue weighted by Gasteiger charge is 2.00. The largest absolute Gasteiger partial charge is 0.379 e. The Labute approximate surface area is 286 Å². The van der Waals surface area contributed by atoms with E-state index in [0.717, 1.165) is 0 Å². The van der Waals surface area contributed by atoms with Crippen LogP contribution < -0.4 is 16.8 Å². The van der Waals surface area contributed by atoms with Crippen LogP contribution in [0, 0.1) is 0 Å². The minimum atomic E-state index is -0.0671. The number of ketones is 1. The second-order valence-corrected chi connectivity index (χ2v) is 9.73. The first kappa shape index (κ1) is 46.6. The molecule has 5 N–H and O–H groups in total. The fourth-order valence-corrected chi connectivity index (χ4v) is 3.29. The van der Waals surface area contributed by atoms with Gasteiger partial charge in [0.25, 0.3) is 0 Å². The molecule has 0 atom stereocenters. The Morgan fingerprint density at radius 1 is 0.354 bits per heavy atom. The van der Waals surface area contributed by atoms with Gasteiger partial charge in [-0.25, -0.2) is 0 Å². The summed E-state index contributed by atoms with van der Waals surface area (Å²) in [6.45, 7) is 12.2. The summed E-state index contributed by atoms with van der Waals surface area (Å²) >= 11 is 0. The van der Waals surface area contributed by atoms with Gasteiger partial charge in [0.05, 0.1) is 165 Å². The SMILES string of the molecule is NCCC(=O)NCCOCCOCCOCCOCCOCCOCCOCCOCCOCCOCCOCCOCCC(=O)CN. The van der Waals surface area contributed by atoms with E-state index in [4.69, 9.17) is 68.3 Å². The third kappa shape index (κ3) is 40.8. The molecule has 0 saturated carbocycles. The van der Waals surface area contributed by atoms with Crippen LogP contribution in [0.3, 0.4) is 0 Å². The molecule has 17 nitrogen and oxygen atoms in total. The average Bonchev–Trinajstić information content (AvgIpc) is 3.09. The summed E-state index contributed by atoms with van der Waals surface area (Å²) in [6, 6.07) is 0. The lowest BCUT2D eigenvalue weighted by molar-refractivity contribution is -0.121. The Balaban J connectivity index is 3.07. The normalized spacial score (nSPS) is 11.4. The van der Waals surface area contributed by atoms with Crippen molar-refractivity contribution in [3.8, 4) is 0 Å². The summed E-state index contributed by atoms with van der Waals surface area (Å²) < 4.78 is 65.1. The summed E-state index contributed by atoms with van der Waals surface area (Å²) in [7, 11) is 0. The minimum absolute atomic E-state index is 0.0117. The number of nitrogens with one attached hydrogen (secondary N) is 1. The number of amides is 1. The van der Waals surface area contributed by atoms with Crippen LogP contribution in [0.1, 0.15) is 12.8 Å². The van der Waals surface area contributed by atoms with Crippen LogP contribution in [0.25, 0.3) is 0 Å². The average molecular weight is 702 g/mol. The second kappa shape index (κ2) is 41.7. The number of hydrogen-bond donors (Lipinski definition) is 3. The van der Waals surface area contributed by atoms with Gasteiger partial charge in [-0.1, -0.05) is 0 Å². The van der Waals surface area contributed by atoms with Crippen LogP contribution in [0.15, 0.2) is 0 Å². The van der Waals surface area contributed by atoms with Crippen molar-refractivity contribution in [2.45, 2.75) is 12.8 Å². The quantitative estimate of drug-likeness (QED) is 0.0623. The zero-order chi connectivity index (χ0) is 34.9. The predicted molar refractivity (Wildman–Crippen MR) is 175 cm³/mol. The van der Waals surface area contributed by atoms with E-state index in [1.165, 1.54) is 0 Å². The van der Waals surface area contributed by atoms with Crippen molar-refractivity contribution < 1.29 is 66.4 Å². The van der Waals surface area contributed by atoms with Crippen molar-refractivity contribution in [3.63, 3.8) is 0 Å². The van der Waals surface area contributed by atoms with Gasteiger partial charge in [0.15, 0.2) is 0 Å². The van der Waals surface area contributed by atoms with Crippen LogP contribution in [0.4, 0.5) is 0 Å². The maximum atomic E-state index is 11.2. The van der Waals surface area contributed by atoms with Crippen LogP contribution in [-0.4, -0.2) is 190 Å². The zero-order valence-electron chi connectivity index (χ0n) is 28.9. The molecule has 0 bridgehead atoms. The summed E-state index contributed by atoms with van der Waals surface area (Å²) in [5.41, 5.74) is 10.5. The lowest BCUT2D eigenvalue weighted by Crippen LogP contribution is -2.29. The number of nitrogens with two attached hydrogens (primary N) is 2. The second-order valence-electron chi connectivity index (χ2n) is 9.73. The Hall–Kier alpha value is -1.42. The molecule has 0 aliphatic rings. The number of ether oxygens (including phenoxy) is 12.